The van der Waals surface area contributed by atoms with Crippen LogP contribution in [0.3, 0.4) is 0 Å². The predicted molar refractivity (Wildman–Crippen MR) is 82.2 cm³/mol. The predicted octanol–water partition coefficient (Wildman–Crippen LogP) is 2.38. The molecule has 1 N–H and O–H groups in total. The highest BCUT2D eigenvalue weighted by molar-refractivity contribution is 9.10. The molecule has 4 nitrogen and oxygen atoms in total. The third-order valence-electron chi connectivity index (χ3n) is 3.24. The van der Waals surface area contributed by atoms with E-state index < -0.39 is 15.8 Å². The minimum Gasteiger partial charge on any atom is -0.318 e. The lowest BCUT2D eigenvalue weighted by molar-refractivity contribution is 0.376. The van der Waals surface area contributed by atoms with Crippen molar-refractivity contribution in [3.05, 3.63) is 28.5 Å². The molecule has 0 bridgehead atoms. The third-order valence-corrected chi connectivity index (χ3v) is 5.72. The van der Waals surface area contributed by atoms with E-state index in [2.05, 4.69) is 21.2 Å². The van der Waals surface area contributed by atoms with Gasteiger partial charge in [-0.1, -0.05) is 15.9 Å². The standard InChI is InChI=1S/C12H16BrFN2O2S.ClH/c1-15-8-10-3-2-6-16(10)19(17,18)12-5-4-9(13)7-11(12)14;/h4-5,7,10,15H,2-3,6,8H2,1H3;1H. The summed E-state index contributed by atoms with van der Waals surface area (Å²) in [4.78, 5) is -0.251. The Labute approximate surface area is 133 Å². The molecule has 1 aliphatic heterocycles. The van der Waals surface area contributed by atoms with Gasteiger partial charge in [0.1, 0.15) is 10.7 Å². The lowest BCUT2D eigenvalue weighted by atomic mass is 10.2. The van der Waals surface area contributed by atoms with E-state index in [9.17, 15) is 12.8 Å². The molecule has 1 saturated heterocycles. The van der Waals surface area contributed by atoms with Crippen molar-refractivity contribution in [3.8, 4) is 0 Å². The molecule has 0 amide bonds. The summed E-state index contributed by atoms with van der Waals surface area (Å²) >= 11 is 3.12. The lowest BCUT2D eigenvalue weighted by Gasteiger charge is -2.24. The monoisotopic (exact) mass is 386 g/mol. The Bertz CT molecular complexity index is 571. The topological polar surface area (TPSA) is 49.4 Å². The van der Waals surface area contributed by atoms with Gasteiger partial charge in [0.25, 0.3) is 0 Å². The molecule has 0 spiro atoms. The first-order chi connectivity index (χ1) is 8.96. The highest BCUT2D eigenvalue weighted by atomic mass is 79.9. The molecule has 20 heavy (non-hydrogen) atoms. The largest absolute Gasteiger partial charge is 0.318 e. The van der Waals surface area contributed by atoms with Gasteiger partial charge in [0.2, 0.25) is 10.0 Å². The molecule has 1 aromatic rings. The van der Waals surface area contributed by atoms with Gasteiger partial charge in [-0.2, -0.15) is 4.31 Å². The summed E-state index contributed by atoms with van der Waals surface area (Å²) < 4.78 is 40.8. The molecule has 0 saturated carbocycles. The van der Waals surface area contributed by atoms with Crippen molar-refractivity contribution in [2.24, 2.45) is 0 Å². The Morgan fingerprint density at radius 3 is 2.80 bits per heavy atom. The van der Waals surface area contributed by atoms with E-state index in [0.717, 1.165) is 12.8 Å². The first-order valence-electron chi connectivity index (χ1n) is 6.08. The zero-order chi connectivity index (χ0) is 14.0. The highest BCUT2D eigenvalue weighted by Gasteiger charge is 2.36. The number of nitrogens with zero attached hydrogens (tertiary/aromatic N) is 1. The SMILES string of the molecule is CNCC1CCCN1S(=O)(=O)c1ccc(Br)cc1F.Cl. The Hall–Kier alpha value is -0.210. The van der Waals surface area contributed by atoms with Gasteiger partial charge in [-0.15, -0.1) is 12.4 Å². The average molecular weight is 388 g/mol. The van der Waals surface area contributed by atoms with Crippen molar-refractivity contribution >= 4 is 38.4 Å². The second-order valence-electron chi connectivity index (χ2n) is 4.54. The van der Waals surface area contributed by atoms with Crippen LogP contribution in [0.1, 0.15) is 12.8 Å². The average Bonchev–Trinajstić information content (AvgIpc) is 2.78. The highest BCUT2D eigenvalue weighted by Crippen LogP contribution is 2.28. The Morgan fingerprint density at radius 1 is 1.50 bits per heavy atom. The second kappa shape index (κ2) is 7.17. The molecule has 1 fully saturated rings. The van der Waals surface area contributed by atoms with Crippen LogP contribution in [0.15, 0.2) is 27.6 Å². The molecule has 0 aliphatic carbocycles. The van der Waals surface area contributed by atoms with E-state index in [0.29, 0.717) is 17.6 Å². The van der Waals surface area contributed by atoms with Gasteiger partial charge in [-0.25, -0.2) is 12.8 Å². The van der Waals surface area contributed by atoms with Crippen molar-refractivity contribution in [1.29, 1.82) is 0 Å². The van der Waals surface area contributed by atoms with Crippen LogP contribution in [0.25, 0.3) is 0 Å². The molecule has 0 aromatic heterocycles. The maximum Gasteiger partial charge on any atom is 0.246 e. The number of hydrogen-bond acceptors (Lipinski definition) is 3. The zero-order valence-electron chi connectivity index (χ0n) is 11.0. The minimum atomic E-state index is -3.76. The van der Waals surface area contributed by atoms with Crippen LogP contribution in [-0.2, 0) is 10.0 Å². The van der Waals surface area contributed by atoms with Crippen molar-refractivity contribution < 1.29 is 12.8 Å². The van der Waals surface area contributed by atoms with Crippen molar-refractivity contribution in [2.45, 2.75) is 23.8 Å². The lowest BCUT2D eigenvalue weighted by Crippen LogP contribution is -2.41. The molecule has 1 atom stereocenters. The van der Waals surface area contributed by atoms with Crippen LogP contribution < -0.4 is 5.32 Å². The fourth-order valence-corrected chi connectivity index (χ4v) is 4.45. The maximum atomic E-state index is 13.9. The summed E-state index contributed by atoms with van der Waals surface area (Å²) in [5.74, 6) is -0.718. The quantitative estimate of drug-likeness (QED) is 0.863. The molecule has 1 aromatic carbocycles. The summed E-state index contributed by atoms with van der Waals surface area (Å²) in [5, 5.41) is 2.98. The van der Waals surface area contributed by atoms with Crippen LogP contribution in [0.4, 0.5) is 4.39 Å². The van der Waals surface area contributed by atoms with Crippen LogP contribution >= 0.6 is 28.3 Å². The number of hydrogen-bond donors (Lipinski definition) is 1. The van der Waals surface area contributed by atoms with Crippen molar-refractivity contribution in [1.82, 2.24) is 9.62 Å². The van der Waals surface area contributed by atoms with Crippen LogP contribution in [0.5, 0.6) is 0 Å². The van der Waals surface area contributed by atoms with Gasteiger partial charge in [-0.3, -0.25) is 0 Å². The van der Waals surface area contributed by atoms with Gasteiger partial charge in [0, 0.05) is 23.6 Å². The van der Waals surface area contributed by atoms with Gasteiger partial charge < -0.3 is 5.32 Å². The molecule has 8 heteroatoms. The number of rotatable bonds is 4. The third kappa shape index (κ3) is 3.51. The van der Waals surface area contributed by atoms with E-state index in [1.54, 1.807) is 13.1 Å². The number of likely N-dealkylation sites (N-methyl/N-ethyl adjacent to an activating group) is 1. The van der Waals surface area contributed by atoms with Crippen LogP contribution in [0, 0.1) is 5.82 Å². The Kier molecular flexibility index (Phi) is 6.40. The van der Waals surface area contributed by atoms with Crippen LogP contribution in [0.2, 0.25) is 0 Å². The number of nitrogens with one attached hydrogen (secondary N) is 1. The van der Waals surface area contributed by atoms with E-state index >= 15 is 0 Å². The van der Waals surface area contributed by atoms with E-state index in [-0.39, 0.29) is 23.3 Å². The molecular weight excluding hydrogens is 371 g/mol. The van der Waals surface area contributed by atoms with E-state index in [1.165, 1.54) is 16.4 Å². The van der Waals surface area contributed by atoms with Gasteiger partial charge in [0.15, 0.2) is 0 Å². The number of halogens is 3. The Morgan fingerprint density at radius 2 is 2.20 bits per heavy atom. The smallest absolute Gasteiger partial charge is 0.246 e. The maximum absolute atomic E-state index is 13.9. The fraction of sp³-hybridized carbons (Fsp3) is 0.500. The summed E-state index contributed by atoms with van der Waals surface area (Å²) in [7, 11) is -1.98. The molecule has 2 rings (SSSR count). The first kappa shape index (κ1) is 17.8. The Balaban J connectivity index is 0.00000200. The normalized spacial score (nSPS) is 19.9. The zero-order valence-corrected chi connectivity index (χ0v) is 14.2. The molecule has 1 aliphatic rings. The first-order valence-corrected chi connectivity index (χ1v) is 8.31. The van der Waals surface area contributed by atoms with Crippen LogP contribution in [-0.4, -0.2) is 38.9 Å². The summed E-state index contributed by atoms with van der Waals surface area (Å²) in [5.41, 5.74) is 0. The van der Waals surface area contributed by atoms with Crippen molar-refractivity contribution in [3.63, 3.8) is 0 Å². The molecule has 114 valence electrons. The summed E-state index contributed by atoms with van der Waals surface area (Å²) in [6.45, 7) is 1.03. The minimum absolute atomic E-state index is 0. The fourth-order valence-electron chi connectivity index (χ4n) is 2.38. The molecule has 1 unspecified atom stereocenters. The molecular formula is C12H17BrClFN2O2S. The van der Waals surface area contributed by atoms with E-state index in [1.807, 2.05) is 0 Å². The molecule has 0 radical (unpaired) electrons. The summed E-state index contributed by atoms with van der Waals surface area (Å²) in [6, 6.07) is 3.93. The molecule has 1 heterocycles. The van der Waals surface area contributed by atoms with Crippen molar-refractivity contribution in [2.75, 3.05) is 20.1 Å². The number of benzene rings is 1. The van der Waals surface area contributed by atoms with E-state index in [4.69, 9.17) is 0 Å². The van der Waals surface area contributed by atoms with Gasteiger partial charge in [0.05, 0.1) is 0 Å². The second-order valence-corrected chi connectivity index (χ2v) is 7.32. The van der Waals surface area contributed by atoms with Gasteiger partial charge >= 0.3 is 0 Å². The number of sulfonamides is 1. The van der Waals surface area contributed by atoms with Gasteiger partial charge in [-0.05, 0) is 38.1 Å². The summed E-state index contributed by atoms with van der Waals surface area (Å²) in [6.07, 6.45) is 1.61.